The minimum absolute atomic E-state index is 0.220. The van der Waals surface area contributed by atoms with Crippen molar-refractivity contribution in [3.05, 3.63) is 34.9 Å². The topological polar surface area (TPSA) is 138 Å². The first-order valence-electron chi connectivity index (χ1n) is 11.0. The number of hydrogen-bond donors (Lipinski definition) is 3. The Bertz CT molecular complexity index is 897. The molecule has 186 valence electrons. The van der Waals surface area contributed by atoms with Gasteiger partial charge in [-0.15, -0.1) is 0 Å². The Morgan fingerprint density at radius 3 is 1.97 bits per heavy atom. The summed E-state index contributed by atoms with van der Waals surface area (Å²) >= 11 is 0. The van der Waals surface area contributed by atoms with Gasteiger partial charge in [-0.3, -0.25) is 18.9 Å². The molecular weight excluding hydrogens is 447 g/mol. The third-order valence-corrected chi connectivity index (χ3v) is 7.52. The molecule has 1 rings (SSSR count). The molecule has 0 fully saturated rings. The second-order valence-electron chi connectivity index (χ2n) is 9.70. The highest BCUT2D eigenvalue weighted by molar-refractivity contribution is 7.52. The normalized spacial score (nSPS) is 15.9. The summed E-state index contributed by atoms with van der Waals surface area (Å²) in [5.41, 5.74) is 1.67. The zero-order valence-corrected chi connectivity index (χ0v) is 21.4. The highest BCUT2D eigenvalue weighted by Crippen LogP contribution is 2.45. The van der Waals surface area contributed by atoms with Crippen molar-refractivity contribution >= 4 is 25.3 Å². The van der Waals surface area contributed by atoms with E-state index in [0.29, 0.717) is 6.42 Å². The first-order chi connectivity index (χ1) is 15.0. The molecule has 33 heavy (non-hydrogen) atoms. The maximum atomic E-state index is 12.6. The van der Waals surface area contributed by atoms with Crippen LogP contribution in [-0.2, 0) is 29.1 Å². The molecule has 0 amide bonds. The fourth-order valence-corrected chi connectivity index (χ4v) is 4.75. The Morgan fingerprint density at radius 2 is 1.58 bits per heavy atom. The Labute approximate surface area is 195 Å². The SMILES string of the molecule is CC(=O)OC(CCC(C)(C)c1cc(C)cc(C)c1)C(C(C)=O)C(CC(C)P(=O)(O)O)C(=O)O. The van der Waals surface area contributed by atoms with Crippen molar-refractivity contribution in [2.24, 2.45) is 11.8 Å². The minimum Gasteiger partial charge on any atom is -0.481 e. The van der Waals surface area contributed by atoms with E-state index in [1.165, 1.54) is 20.8 Å². The molecule has 8 nitrogen and oxygen atoms in total. The molecule has 0 aromatic heterocycles. The third-order valence-electron chi connectivity index (χ3n) is 6.16. The van der Waals surface area contributed by atoms with Crippen LogP contribution >= 0.6 is 7.60 Å². The number of benzene rings is 1. The van der Waals surface area contributed by atoms with E-state index < -0.39 is 55.3 Å². The molecule has 0 saturated carbocycles. The van der Waals surface area contributed by atoms with Crippen LogP contribution in [0, 0.1) is 25.7 Å². The predicted octanol–water partition coefficient (Wildman–Crippen LogP) is 4.16. The van der Waals surface area contributed by atoms with Gasteiger partial charge < -0.3 is 19.6 Å². The molecule has 0 aliphatic rings. The van der Waals surface area contributed by atoms with E-state index in [2.05, 4.69) is 18.2 Å². The lowest BCUT2D eigenvalue weighted by Crippen LogP contribution is -2.41. The standard InChI is InChI=1S/C24H37O8P/c1-14-10-15(2)12-19(11-14)24(6,7)9-8-21(32-18(5)26)22(17(4)25)20(23(27)28)13-16(3)33(29,30)31/h10-12,16,20-22H,8-9,13H2,1-7H3,(H,27,28)(H2,29,30,31). The van der Waals surface area contributed by atoms with Gasteiger partial charge >= 0.3 is 19.5 Å². The molecule has 1 aromatic rings. The van der Waals surface area contributed by atoms with Crippen LogP contribution in [-0.4, -0.2) is 44.4 Å². The lowest BCUT2D eigenvalue weighted by molar-refractivity contribution is -0.160. The van der Waals surface area contributed by atoms with E-state index in [0.717, 1.165) is 16.7 Å². The molecule has 0 spiro atoms. The largest absolute Gasteiger partial charge is 0.481 e. The lowest BCUT2D eigenvalue weighted by Gasteiger charge is -2.33. The summed E-state index contributed by atoms with van der Waals surface area (Å²) in [5, 5.41) is 9.81. The van der Waals surface area contributed by atoms with Crippen molar-refractivity contribution in [2.75, 3.05) is 0 Å². The van der Waals surface area contributed by atoms with Gasteiger partial charge in [0.15, 0.2) is 0 Å². The molecule has 1 aromatic carbocycles. The van der Waals surface area contributed by atoms with Crippen LogP contribution < -0.4 is 0 Å². The van der Waals surface area contributed by atoms with Crippen LogP contribution in [0.2, 0.25) is 0 Å². The van der Waals surface area contributed by atoms with Gasteiger partial charge in [0.25, 0.3) is 0 Å². The number of aliphatic carboxylic acids is 1. The first-order valence-corrected chi connectivity index (χ1v) is 12.7. The summed E-state index contributed by atoms with van der Waals surface area (Å²) in [4.78, 5) is 55.4. The smallest absolute Gasteiger partial charge is 0.328 e. The highest BCUT2D eigenvalue weighted by atomic mass is 31.2. The number of carboxylic acid groups (broad SMARTS) is 1. The van der Waals surface area contributed by atoms with Crippen LogP contribution in [0.15, 0.2) is 18.2 Å². The maximum Gasteiger partial charge on any atom is 0.328 e. The number of ketones is 1. The van der Waals surface area contributed by atoms with Crippen molar-refractivity contribution < 1.29 is 38.6 Å². The zero-order valence-electron chi connectivity index (χ0n) is 20.5. The maximum absolute atomic E-state index is 12.6. The van der Waals surface area contributed by atoms with Gasteiger partial charge in [-0.05, 0) is 51.0 Å². The van der Waals surface area contributed by atoms with Gasteiger partial charge in [0, 0.05) is 6.92 Å². The number of esters is 1. The van der Waals surface area contributed by atoms with Gasteiger partial charge in [0.2, 0.25) is 0 Å². The Morgan fingerprint density at radius 1 is 1.06 bits per heavy atom. The van der Waals surface area contributed by atoms with E-state index in [9.17, 15) is 33.8 Å². The molecular formula is C24H37O8P. The molecule has 0 saturated heterocycles. The van der Waals surface area contributed by atoms with Gasteiger partial charge in [0.1, 0.15) is 11.9 Å². The first kappa shape index (κ1) is 29.0. The molecule has 4 atom stereocenters. The van der Waals surface area contributed by atoms with Gasteiger partial charge in [0.05, 0.1) is 17.5 Å². The van der Waals surface area contributed by atoms with Crippen molar-refractivity contribution in [2.45, 2.75) is 84.9 Å². The summed E-state index contributed by atoms with van der Waals surface area (Å²) in [7, 11) is -4.55. The Balaban J connectivity index is 3.29. The van der Waals surface area contributed by atoms with Crippen LogP contribution in [0.3, 0.4) is 0 Å². The zero-order chi connectivity index (χ0) is 25.7. The number of rotatable bonds is 12. The second-order valence-corrected chi connectivity index (χ2v) is 11.8. The number of aryl methyl sites for hydroxylation is 2. The molecule has 0 radical (unpaired) electrons. The molecule has 0 aliphatic heterocycles. The molecule has 0 aliphatic carbocycles. The average molecular weight is 485 g/mol. The molecule has 0 bridgehead atoms. The third kappa shape index (κ3) is 8.69. The van der Waals surface area contributed by atoms with E-state index in [1.807, 2.05) is 27.7 Å². The minimum atomic E-state index is -4.55. The summed E-state index contributed by atoms with van der Waals surface area (Å²) in [6, 6.07) is 6.20. The summed E-state index contributed by atoms with van der Waals surface area (Å²) in [5.74, 6) is -5.14. The molecule has 3 N–H and O–H groups in total. The monoisotopic (exact) mass is 484 g/mol. The Hall–Kier alpha value is -2.02. The van der Waals surface area contributed by atoms with E-state index in [4.69, 9.17) is 4.74 Å². The van der Waals surface area contributed by atoms with Gasteiger partial charge in [-0.1, -0.05) is 50.1 Å². The van der Waals surface area contributed by atoms with Crippen molar-refractivity contribution in [1.29, 1.82) is 0 Å². The van der Waals surface area contributed by atoms with E-state index in [-0.39, 0.29) is 11.8 Å². The van der Waals surface area contributed by atoms with Crippen LogP contribution in [0.5, 0.6) is 0 Å². The summed E-state index contributed by atoms with van der Waals surface area (Å²) in [6.07, 6.45) is -0.729. The number of carbonyl (C=O) groups is 3. The average Bonchev–Trinajstić information content (AvgIpc) is 2.62. The van der Waals surface area contributed by atoms with E-state index >= 15 is 0 Å². The summed E-state index contributed by atoms with van der Waals surface area (Å²) in [6.45, 7) is 11.7. The fourth-order valence-electron chi connectivity index (χ4n) is 4.25. The van der Waals surface area contributed by atoms with Crippen molar-refractivity contribution in [1.82, 2.24) is 0 Å². The number of hydrogen-bond acceptors (Lipinski definition) is 5. The number of carboxylic acids is 1. The second kappa shape index (κ2) is 11.4. The number of carbonyl (C=O) groups excluding carboxylic acids is 2. The predicted molar refractivity (Wildman–Crippen MR) is 125 cm³/mol. The summed E-state index contributed by atoms with van der Waals surface area (Å²) < 4.78 is 17.1. The molecule has 4 unspecified atom stereocenters. The van der Waals surface area contributed by atoms with Crippen LogP contribution in [0.4, 0.5) is 0 Å². The van der Waals surface area contributed by atoms with Crippen LogP contribution in [0.25, 0.3) is 0 Å². The van der Waals surface area contributed by atoms with Crippen LogP contribution in [0.1, 0.15) is 70.6 Å². The molecule has 9 heteroatoms. The fraction of sp³-hybridized carbons (Fsp3) is 0.625. The van der Waals surface area contributed by atoms with Gasteiger partial charge in [-0.25, -0.2) is 0 Å². The Kier molecular flexibility index (Phi) is 10.0. The van der Waals surface area contributed by atoms with Crippen molar-refractivity contribution in [3.8, 4) is 0 Å². The van der Waals surface area contributed by atoms with Crippen molar-refractivity contribution in [3.63, 3.8) is 0 Å². The number of Topliss-reactive ketones (excluding diaryl/α,β-unsaturated/α-hetero) is 1. The molecule has 0 heterocycles. The van der Waals surface area contributed by atoms with Gasteiger partial charge in [-0.2, -0.15) is 0 Å². The number of ether oxygens (including phenoxy) is 1. The quantitative estimate of drug-likeness (QED) is 0.297. The van der Waals surface area contributed by atoms with E-state index in [1.54, 1.807) is 0 Å². The lowest BCUT2D eigenvalue weighted by atomic mass is 9.75. The highest BCUT2D eigenvalue weighted by Gasteiger charge is 2.42.